The Kier molecular flexibility index (Phi) is 3.69. The van der Waals surface area contributed by atoms with Crippen molar-refractivity contribution in [2.45, 2.75) is 20.3 Å². The molecule has 0 aliphatic rings. The third kappa shape index (κ3) is 2.67. The number of ketones is 1. The summed E-state index contributed by atoms with van der Waals surface area (Å²) in [6.07, 6.45) is 0.741. The van der Waals surface area contributed by atoms with Crippen molar-refractivity contribution < 1.29 is 9.59 Å². The van der Waals surface area contributed by atoms with Gasteiger partial charge in [-0.25, -0.2) is 0 Å². The molecule has 1 amide bonds. The molecule has 100 valence electrons. The molecule has 0 unspecified atom stereocenters. The number of Topliss-reactive ketones (excluding diaryl/α,β-unsaturated/α-hetero) is 1. The first-order chi connectivity index (χ1) is 9.00. The summed E-state index contributed by atoms with van der Waals surface area (Å²) in [6.45, 7) is 3.87. The maximum absolute atomic E-state index is 11.5. The van der Waals surface area contributed by atoms with Crippen LogP contribution in [0.1, 0.15) is 18.2 Å². The van der Waals surface area contributed by atoms with Crippen LogP contribution in [0, 0.1) is 6.92 Å². The van der Waals surface area contributed by atoms with E-state index in [4.69, 9.17) is 0 Å². The molecule has 4 nitrogen and oxygen atoms in total. The number of fused-ring (bicyclic) bond motifs is 1. The molecule has 0 radical (unpaired) electrons. The smallest absolute Gasteiger partial charge is 0.289 e. The number of likely N-dealkylation sites (N-methyl/N-ethyl adjacent to an activating group) is 1. The van der Waals surface area contributed by atoms with Gasteiger partial charge in [0.25, 0.3) is 5.91 Å². The third-order valence-electron chi connectivity index (χ3n) is 3.37. The molecule has 1 aromatic heterocycles. The van der Waals surface area contributed by atoms with Crippen molar-refractivity contribution in [2.75, 3.05) is 13.6 Å². The van der Waals surface area contributed by atoms with E-state index in [-0.39, 0.29) is 0 Å². The number of hydrogen-bond acceptors (Lipinski definition) is 2. The van der Waals surface area contributed by atoms with E-state index in [9.17, 15) is 9.59 Å². The van der Waals surface area contributed by atoms with Gasteiger partial charge in [-0.05, 0) is 25.0 Å². The fourth-order valence-corrected chi connectivity index (χ4v) is 2.31. The zero-order valence-electron chi connectivity index (χ0n) is 11.5. The molecule has 0 saturated heterocycles. The first-order valence-electron chi connectivity index (χ1n) is 6.33. The maximum Gasteiger partial charge on any atom is 0.289 e. The standard InChI is InChI=1S/C15H18N2O2/c1-10-12(8-9-17(3)15(19)11(2)18)13-6-4-5-7-14(13)16-10/h4-7,16H,8-9H2,1-3H3. The third-order valence-corrected chi connectivity index (χ3v) is 3.37. The van der Waals surface area contributed by atoms with E-state index in [1.807, 2.05) is 25.1 Å². The molecule has 0 fully saturated rings. The van der Waals surface area contributed by atoms with Crippen LogP contribution in [0.15, 0.2) is 24.3 Å². The van der Waals surface area contributed by atoms with Crippen LogP contribution in [0.25, 0.3) is 10.9 Å². The van der Waals surface area contributed by atoms with Gasteiger partial charge in [0.15, 0.2) is 0 Å². The summed E-state index contributed by atoms with van der Waals surface area (Å²) in [6, 6.07) is 8.11. The van der Waals surface area contributed by atoms with Gasteiger partial charge >= 0.3 is 0 Å². The summed E-state index contributed by atoms with van der Waals surface area (Å²) in [5, 5.41) is 1.18. The minimum absolute atomic E-state index is 0.418. The van der Waals surface area contributed by atoms with Crippen LogP contribution in [0.4, 0.5) is 0 Å². The lowest BCUT2D eigenvalue weighted by atomic mass is 10.1. The topological polar surface area (TPSA) is 53.2 Å². The number of benzene rings is 1. The quantitative estimate of drug-likeness (QED) is 0.853. The molecule has 2 aromatic rings. The predicted octanol–water partition coefficient (Wildman–Crippen LogP) is 2.07. The molecule has 0 atom stereocenters. The van der Waals surface area contributed by atoms with Crippen molar-refractivity contribution in [1.82, 2.24) is 9.88 Å². The summed E-state index contributed by atoms with van der Waals surface area (Å²) in [5.74, 6) is -0.851. The van der Waals surface area contributed by atoms with Crippen molar-refractivity contribution in [2.24, 2.45) is 0 Å². The highest BCUT2D eigenvalue weighted by Gasteiger charge is 2.15. The molecule has 0 aliphatic heterocycles. The van der Waals surface area contributed by atoms with Crippen molar-refractivity contribution >= 4 is 22.6 Å². The Balaban J connectivity index is 2.16. The summed E-state index contributed by atoms with van der Waals surface area (Å²) < 4.78 is 0. The zero-order valence-corrected chi connectivity index (χ0v) is 11.5. The minimum Gasteiger partial charge on any atom is -0.358 e. The SMILES string of the molecule is CC(=O)C(=O)N(C)CCc1c(C)[nH]c2ccccc12. The van der Waals surface area contributed by atoms with E-state index in [0.29, 0.717) is 6.54 Å². The molecule has 0 saturated carbocycles. The molecular weight excluding hydrogens is 240 g/mol. The fourth-order valence-electron chi connectivity index (χ4n) is 2.31. The summed E-state index contributed by atoms with van der Waals surface area (Å²) in [4.78, 5) is 27.4. The largest absolute Gasteiger partial charge is 0.358 e. The van der Waals surface area contributed by atoms with Gasteiger partial charge in [0.1, 0.15) is 0 Å². The number of H-pyrrole nitrogens is 1. The second-order valence-corrected chi connectivity index (χ2v) is 4.81. The average Bonchev–Trinajstić information content (AvgIpc) is 2.70. The van der Waals surface area contributed by atoms with E-state index in [2.05, 4.69) is 11.1 Å². The van der Waals surface area contributed by atoms with Crippen molar-refractivity contribution in [3.63, 3.8) is 0 Å². The molecule has 19 heavy (non-hydrogen) atoms. The van der Waals surface area contributed by atoms with Gasteiger partial charge in [0, 0.05) is 37.1 Å². The maximum atomic E-state index is 11.5. The Labute approximate surface area is 112 Å². The van der Waals surface area contributed by atoms with Gasteiger partial charge in [-0.15, -0.1) is 0 Å². The predicted molar refractivity (Wildman–Crippen MR) is 75.1 cm³/mol. The second kappa shape index (κ2) is 5.26. The number of carbonyl (C=O) groups is 2. The zero-order chi connectivity index (χ0) is 14.0. The number of hydrogen-bond donors (Lipinski definition) is 1. The first-order valence-corrected chi connectivity index (χ1v) is 6.33. The van der Waals surface area contributed by atoms with E-state index >= 15 is 0 Å². The van der Waals surface area contributed by atoms with Crippen LogP contribution >= 0.6 is 0 Å². The van der Waals surface area contributed by atoms with Crippen molar-refractivity contribution in [3.05, 3.63) is 35.5 Å². The molecular formula is C15H18N2O2. The monoisotopic (exact) mass is 258 g/mol. The van der Waals surface area contributed by atoms with Gasteiger partial charge in [-0.1, -0.05) is 18.2 Å². The van der Waals surface area contributed by atoms with E-state index < -0.39 is 11.7 Å². The minimum atomic E-state index is -0.433. The first kappa shape index (κ1) is 13.3. The average molecular weight is 258 g/mol. The van der Waals surface area contributed by atoms with Crippen LogP contribution in [0.5, 0.6) is 0 Å². The molecule has 0 aliphatic carbocycles. The Morgan fingerprint density at radius 1 is 1.26 bits per heavy atom. The number of aryl methyl sites for hydroxylation is 1. The van der Waals surface area contributed by atoms with E-state index in [1.165, 1.54) is 22.8 Å². The fraction of sp³-hybridized carbons (Fsp3) is 0.333. The molecule has 4 heteroatoms. The van der Waals surface area contributed by atoms with Gasteiger partial charge in [-0.3, -0.25) is 9.59 Å². The Bertz CT molecular complexity index is 628. The highest BCUT2D eigenvalue weighted by Crippen LogP contribution is 2.22. The van der Waals surface area contributed by atoms with Crippen LogP contribution < -0.4 is 0 Å². The van der Waals surface area contributed by atoms with E-state index in [0.717, 1.165) is 17.6 Å². The van der Waals surface area contributed by atoms with Gasteiger partial charge < -0.3 is 9.88 Å². The number of carbonyl (C=O) groups excluding carboxylic acids is 2. The van der Waals surface area contributed by atoms with Crippen LogP contribution in [0.3, 0.4) is 0 Å². The lowest BCUT2D eigenvalue weighted by Crippen LogP contribution is -2.33. The van der Waals surface area contributed by atoms with E-state index in [1.54, 1.807) is 7.05 Å². The van der Waals surface area contributed by atoms with Crippen LogP contribution in [-0.4, -0.2) is 35.2 Å². The number of para-hydroxylation sites is 1. The number of aromatic amines is 1. The Morgan fingerprint density at radius 2 is 1.95 bits per heavy atom. The number of nitrogens with zero attached hydrogens (tertiary/aromatic N) is 1. The molecule has 2 rings (SSSR count). The van der Waals surface area contributed by atoms with Gasteiger partial charge in [0.05, 0.1) is 0 Å². The normalized spacial score (nSPS) is 10.7. The summed E-state index contributed by atoms with van der Waals surface area (Å²) in [5.41, 5.74) is 3.43. The number of aromatic nitrogens is 1. The molecule has 1 N–H and O–H groups in total. The van der Waals surface area contributed by atoms with Crippen molar-refractivity contribution in [3.8, 4) is 0 Å². The number of rotatable bonds is 4. The van der Waals surface area contributed by atoms with Gasteiger partial charge in [0.2, 0.25) is 5.78 Å². The summed E-state index contributed by atoms with van der Waals surface area (Å²) >= 11 is 0. The molecule has 0 bridgehead atoms. The van der Waals surface area contributed by atoms with Crippen molar-refractivity contribution in [1.29, 1.82) is 0 Å². The van der Waals surface area contributed by atoms with Crippen LogP contribution in [-0.2, 0) is 16.0 Å². The lowest BCUT2D eigenvalue weighted by molar-refractivity contribution is -0.142. The Hall–Kier alpha value is -2.10. The molecule has 0 spiro atoms. The lowest BCUT2D eigenvalue weighted by Gasteiger charge is -2.15. The highest BCUT2D eigenvalue weighted by atomic mass is 16.2. The second-order valence-electron chi connectivity index (χ2n) is 4.81. The van der Waals surface area contributed by atoms with Crippen LogP contribution in [0.2, 0.25) is 0 Å². The molecule has 1 heterocycles. The Morgan fingerprint density at radius 3 is 2.63 bits per heavy atom. The molecule has 1 aromatic carbocycles. The van der Waals surface area contributed by atoms with Gasteiger partial charge in [-0.2, -0.15) is 0 Å². The summed E-state index contributed by atoms with van der Waals surface area (Å²) in [7, 11) is 1.66. The number of amides is 1. The highest BCUT2D eigenvalue weighted by molar-refractivity contribution is 6.34. The number of nitrogens with one attached hydrogen (secondary N) is 1.